The van der Waals surface area contributed by atoms with Gasteiger partial charge >= 0.3 is 0 Å². The van der Waals surface area contributed by atoms with Gasteiger partial charge in [0.05, 0.1) is 18.3 Å². The summed E-state index contributed by atoms with van der Waals surface area (Å²) in [6.07, 6.45) is 0.392. The molecule has 2 rings (SSSR count). The average Bonchev–Trinajstić information content (AvgIpc) is 3.00. The van der Waals surface area contributed by atoms with Crippen LogP contribution in [0.15, 0.2) is 22.2 Å². The van der Waals surface area contributed by atoms with E-state index in [4.69, 9.17) is 21.4 Å². The van der Waals surface area contributed by atoms with Gasteiger partial charge in [-0.3, -0.25) is 4.99 Å². The van der Waals surface area contributed by atoms with Crippen LogP contribution < -0.4 is 0 Å². The van der Waals surface area contributed by atoms with Crippen molar-refractivity contribution in [3.8, 4) is 0 Å². The number of aromatic nitrogens is 1. The van der Waals surface area contributed by atoms with Crippen molar-refractivity contribution >= 4 is 29.3 Å². The first-order valence-electron chi connectivity index (χ1n) is 5.87. The smallest absolute Gasteiger partial charge is 0.161 e. The summed E-state index contributed by atoms with van der Waals surface area (Å²) in [5, 5.41) is 19.4. The second-order valence-electron chi connectivity index (χ2n) is 4.27. The molecule has 0 spiro atoms. The van der Waals surface area contributed by atoms with Gasteiger partial charge in [0, 0.05) is 19.7 Å². The van der Waals surface area contributed by atoms with E-state index in [-0.39, 0.29) is 12.7 Å². The molecular formula is C12H16ClN3O3. The van der Waals surface area contributed by atoms with Crippen molar-refractivity contribution in [2.24, 2.45) is 9.98 Å². The normalized spacial score (nSPS) is 27.8. The van der Waals surface area contributed by atoms with Crippen molar-refractivity contribution in [2.75, 3.05) is 13.7 Å². The summed E-state index contributed by atoms with van der Waals surface area (Å²) in [7, 11) is 1.58. The number of ether oxygens (including phenoxy) is 1. The van der Waals surface area contributed by atoms with Gasteiger partial charge in [-0.05, 0) is 12.8 Å². The summed E-state index contributed by atoms with van der Waals surface area (Å²) in [5.74, 6) is 0.484. The number of nitrogens with zero attached hydrogens (tertiary/aromatic N) is 3. The summed E-state index contributed by atoms with van der Waals surface area (Å²) >= 11 is 5.99. The fourth-order valence-electron chi connectivity index (χ4n) is 2.19. The van der Waals surface area contributed by atoms with Gasteiger partial charge in [-0.1, -0.05) is 11.6 Å². The van der Waals surface area contributed by atoms with Gasteiger partial charge in [0.25, 0.3) is 0 Å². The highest BCUT2D eigenvalue weighted by molar-refractivity contribution is 6.70. The molecule has 1 unspecified atom stereocenters. The Labute approximate surface area is 116 Å². The van der Waals surface area contributed by atoms with Gasteiger partial charge in [-0.25, -0.2) is 4.99 Å². The third kappa shape index (κ3) is 2.57. The van der Waals surface area contributed by atoms with Crippen LogP contribution in [-0.4, -0.2) is 52.5 Å². The molecule has 19 heavy (non-hydrogen) atoms. The maximum atomic E-state index is 9.99. The van der Waals surface area contributed by atoms with Crippen molar-refractivity contribution in [3.63, 3.8) is 0 Å². The summed E-state index contributed by atoms with van der Waals surface area (Å²) in [5.41, 5.74) is 0.627. The lowest BCUT2D eigenvalue weighted by Gasteiger charge is -2.18. The lowest BCUT2D eigenvalue weighted by atomic mass is 10.2. The molecular weight excluding hydrogens is 270 g/mol. The number of aliphatic imine (C=N–C) groups is 2. The predicted molar refractivity (Wildman–Crippen MR) is 73.6 cm³/mol. The first kappa shape index (κ1) is 14.2. The first-order chi connectivity index (χ1) is 9.12. The predicted octanol–water partition coefficient (Wildman–Crippen LogP) is 1.08. The van der Waals surface area contributed by atoms with Crippen molar-refractivity contribution < 1.29 is 14.9 Å². The van der Waals surface area contributed by atoms with Crippen molar-refractivity contribution in [1.82, 2.24) is 4.57 Å². The van der Waals surface area contributed by atoms with Crippen LogP contribution in [0.1, 0.15) is 18.2 Å². The molecule has 1 aliphatic heterocycles. The standard InChI is InChI=1S/C12H16ClN3O3/c1-14-10(13)8-3-4-16(11(8)15-2)12-9(18)5-7(6-17)19-12/h3-4,7,9,12,17-18H,2,5-6H2,1H3/t7-,9?,12+/m0/s1. The molecule has 0 bridgehead atoms. The largest absolute Gasteiger partial charge is 0.394 e. The van der Waals surface area contributed by atoms with E-state index < -0.39 is 12.3 Å². The Kier molecular flexibility index (Phi) is 4.36. The van der Waals surface area contributed by atoms with E-state index in [2.05, 4.69) is 16.7 Å². The zero-order chi connectivity index (χ0) is 14.0. The number of aliphatic hydroxyl groups excluding tert-OH is 2. The monoisotopic (exact) mass is 285 g/mol. The van der Waals surface area contributed by atoms with Crippen LogP contribution in [0.3, 0.4) is 0 Å². The molecule has 7 heteroatoms. The van der Waals surface area contributed by atoms with Crippen molar-refractivity contribution in [3.05, 3.63) is 17.8 Å². The van der Waals surface area contributed by atoms with E-state index in [0.717, 1.165) is 0 Å². The Hall–Kier alpha value is -1.21. The minimum atomic E-state index is -0.713. The van der Waals surface area contributed by atoms with E-state index in [9.17, 15) is 5.11 Å². The topological polar surface area (TPSA) is 79.3 Å². The number of halogens is 1. The third-order valence-electron chi connectivity index (χ3n) is 3.10. The van der Waals surface area contributed by atoms with Crippen LogP contribution >= 0.6 is 11.6 Å². The molecule has 2 N–H and O–H groups in total. The highest BCUT2D eigenvalue weighted by Gasteiger charge is 2.36. The SMILES string of the molecule is C=Nc1c(C(Cl)=NC)ccn1[C@@H]1O[C@H](CO)CC1O. The molecule has 1 aromatic heterocycles. The van der Waals surface area contributed by atoms with E-state index >= 15 is 0 Å². The average molecular weight is 286 g/mol. The lowest BCUT2D eigenvalue weighted by molar-refractivity contribution is -0.0494. The highest BCUT2D eigenvalue weighted by atomic mass is 35.5. The van der Waals surface area contributed by atoms with Crippen LogP contribution in [0.4, 0.5) is 5.82 Å². The number of hydrogen-bond acceptors (Lipinski definition) is 5. The molecule has 3 atom stereocenters. The molecule has 0 radical (unpaired) electrons. The Balaban J connectivity index is 2.36. The Morgan fingerprint density at radius 3 is 2.95 bits per heavy atom. The first-order valence-corrected chi connectivity index (χ1v) is 6.24. The van der Waals surface area contributed by atoms with Gasteiger partial charge in [0.15, 0.2) is 6.23 Å². The quantitative estimate of drug-likeness (QED) is 0.812. The molecule has 0 saturated carbocycles. The van der Waals surface area contributed by atoms with Crippen LogP contribution in [0, 0.1) is 0 Å². The van der Waals surface area contributed by atoms with Gasteiger partial charge in [-0.2, -0.15) is 0 Å². The van der Waals surface area contributed by atoms with E-state index in [1.807, 2.05) is 0 Å². The van der Waals surface area contributed by atoms with Crippen molar-refractivity contribution in [1.29, 1.82) is 0 Å². The molecule has 1 aromatic rings. The molecule has 2 heterocycles. The summed E-state index contributed by atoms with van der Waals surface area (Å²) < 4.78 is 7.22. The summed E-state index contributed by atoms with van der Waals surface area (Å²) in [6, 6.07) is 1.74. The fraction of sp³-hybridized carbons (Fsp3) is 0.500. The minimum Gasteiger partial charge on any atom is -0.394 e. The zero-order valence-electron chi connectivity index (χ0n) is 10.5. The Morgan fingerprint density at radius 2 is 2.42 bits per heavy atom. The van der Waals surface area contributed by atoms with Crippen LogP contribution in [0.2, 0.25) is 0 Å². The molecule has 6 nitrogen and oxygen atoms in total. The molecule has 1 fully saturated rings. The van der Waals surface area contributed by atoms with E-state index in [0.29, 0.717) is 23.0 Å². The Bertz CT molecular complexity index is 500. The molecule has 0 aliphatic carbocycles. The van der Waals surface area contributed by atoms with Gasteiger partial charge < -0.3 is 19.5 Å². The number of hydrogen-bond donors (Lipinski definition) is 2. The molecule has 1 saturated heterocycles. The van der Waals surface area contributed by atoms with Gasteiger partial charge in [0.2, 0.25) is 0 Å². The van der Waals surface area contributed by atoms with Gasteiger partial charge in [0.1, 0.15) is 17.1 Å². The highest BCUT2D eigenvalue weighted by Crippen LogP contribution is 2.34. The Morgan fingerprint density at radius 1 is 1.68 bits per heavy atom. The molecule has 1 aliphatic rings. The van der Waals surface area contributed by atoms with Gasteiger partial charge in [-0.15, -0.1) is 0 Å². The second kappa shape index (κ2) is 5.83. The summed E-state index contributed by atoms with van der Waals surface area (Å²) in [6.45, 7) is 3.38. The maximum absolute atomic E-state index is 9.99. The van der Waals surface area contributed by atoms with Crippen LogP contribution in [0.25, 0.3) is 0 Å². The van der Waals surface area contributed by atoms with E-state index in [1.165, 1.54) is 0 Å². The van der Waals surface area contributed by atoms with Crippen LogP contribution in [0.5, 0.6) is 0 Å². The van der Waals surface area contributed by atoms with Crippen molar-refractivity contribution in [2.45, 2.75) is 24.9 Å². The lowest BCUT2D eigenvalue weighted by Crippen LogP contribution is -2.18. The molecule has 104 valence electrons. The molecule has 0 amide bonds. The fourth-order valence-corrected chi connectivity index (χ4v) is 2.34. The molecule has 0 aromatic carbocycles. The summed E-state index contributed by atoms with van der Waals surface area (Å²) in [4.78, 5) is 7.82. The minimum absolute atomic E-state index is 0.129. The number of rotatable bonds is 4. The second-order valence-corrected chi connectivity index (χ2v) is 4.63. The zero-order valence-corrected chi connectivity index (χ0v) is 11.3. The van der Waals surface area contributed by atoms with E-state index in [1.54, 1.807) is 23.9 Å². The maximum Gasteiger partial charge on any atom is 0.161 e. The van der Waals surface area contributed by atoms with Crippen LogP contribution in [-0.2, 0) is 4.74 Å². The third-order valence-corrected chi connectivity index (χ3v) is 3.47. The number of aliphatic hydroxyl groups is 2.